The second-order valence-corrected chi connectivity index (χ2v) is 6.31. The molecule has 1 aromatic carbocycles. The second-order valence-electron chi connectivity index (χ2n) is 4.57. The van der Waals surface area contributed by atoms with E-state index < -0.39 is 10.0 Å². The van der Waals surface area contributed by atoms with Crippen molar-refractivity contribution in [1.29, 1.82) is 0 Å². The van der Waals surface area contributed by atoms with Crippen molar-refractivity contribution >= 4 is 15.9 Å². The number of sulfonamides is 1. The molecule has 0 radical (unpaired) electrons. The molecule has 0 aliphatic rings. The summed E-state index contributed by atoms with van der Waals surface area (Å²) in [7, 11) is -3.70. The summed E-state index contributed by atoms with van der Waals surface area (Å²) < 4.78 is 32.4. The van der Waals surface area contributed by atoms with Gasteiger partial charge in [-0.3, -0.25) is 4.79 Å². The van der Waals surface area contributed by atoms with Crippen molar-refractivity contribution < 1.29 is 17.9 Å². The monoisotopic (exact) mass is 328 g/mol. The van der Waals surface area contributed by atoms with Crippen molar-refractivity contribution in [2.45, 2.75) is 32.6 Å². The lowest BCUT2D eigenvalue weighted by Crippen LogP contribution is -2.31. The Bertz CT molecular complexity index is 610. The van der Waals surface area contributed by atoms with Crippen molar-refractivity contribution in [2.24, 2.45) is 0 Å². The molecular formula is C15H24N2O4S. The average molecular weight is 328 g/mol. The van der Waals surface area contributed by atoms with Gasteiger partial charge in [0.2, 0.25) is 10.0 Å². The van der Waals surface area contributed by atoms with Crippen LogP contribution in [0.4, 0.5) is 0 Å². The van der Waals surface area contributed by atoms with Crippen molar-refractivity contribution in [3.63, 3.8) is 0 Å². The lowest BCUT2D eigenvalue weighted by molar-refractivity contribution is 0.0772. The molecular weight excluding hydrogens is 304 g/mol. The van der Waals surface area contributed by atoms with Gasteiger partial charge in [0.1, 0.15) is 10.6 Å². The third kappa shape index (κ3) is 4.20. The summed E-state index contributed by atoms with van der Waals surface area (Å²) in [6.07, 6.45) is 0. The van der Waals surface area contributed by atoms with Gasteiger partial charge in [0, 0.05) is 25.2 Å². The first-order valence-electron chi connectivity index (χ1n) is 7.46. The van der Waals surface area contributed by atoms with E-state index in [4.69, 9.17) is 4.74 Å². The van der Waals surface area contributed by atoms with Gasteiger partial charge in [0.25, 0.3) is 5.91 Å². The molecule has 1 amide bonds. The summed E-state index contributed by atoms with van der Waals surface area (Å²) in [6, 6.07) is 4.50. The summed E-state index contributed by atoms with van der Waals surface area (Å²) in [6.45, 7) is 8.98. The number of hydrogen-bond donors (Lipinski definition) is 1. The number of carbonyl (C=O) groups excluding carboxylic acids is 1. The van der Waals surface area contributed by atoms with Crippen LogP contribution >= 0.6 is 0 Å². The number of nitrogens with one attached hydrogen (secondary N) is 1. The van der Waals surface area contributed by atoms with Gasteiger partial charge in [0.15, 0.2) is 0 Å². The number of amides is 1. The molecule has 1 aromatic rings. The van der Waals surface area contributed by atoms with Crippen LogP contribution in [0.1, 0.15) is 38.1 Å². The number of rotatable bonds is 8. The van der Waals surface area contributed by atoms with E-state index >= 15 is 0 Å². The van der Waals surface area contributed by atoms with E-state index in [1.165, 1.54) is 12.1 Å². The molecule has 6 nitrogen and oxygen atoms in total. The van der Waals surface area contributed by atoms with Gasteiger partial charge in [-0.15, -0.1) is 0 Å². The van der Waals surface area contributed by atoms with E-state index in [9.17, 15) is 13.2 Å². The highest BCUT2D eigenvalue weighted by molar-refractivity contribution is 7.89. The quantitative estimate of drug-likeness (QED) is 0.790. The van der Waals surface area contributed by atoms with Crippen molar-refractivity contribution in [1.82, 2.24) is 9.62 Å². The number of carbonyl (C=O) groups is 1. The molecule has 0 aliphatic carbocycles. The zero-order valence-electron chi connectivity index (χ0n) is 13.5. The van der Waals surface area contributed by atoms with E-state index in [-0.39, 0.29) is 23.1 Å². The van der Waals surface area contributed by atoms with Crippen LogP contribution in [-0.2, 0) is 10.0 Å². The van der Waals surface area contributed by atoms with E-state index in [2.05, 4.69) is 4.72 Å². The first-order chi connectivity index (χ1) is 10.4. The topological polar surface area (TPSA) is 75.7 Å². The highest BCUT2D eigenvalue weighted by Crippen LogP contribution is 2.25. The lowest BCUT2D eigenvalue weighted by atomic mass is 10.2. The minimum atomic E-state index is -3.70. The minimum absolute atomic E-state index is 0.00536. The van der Waals surface area contributed by atoms with Gasteiger partial charge >= 0.3 is 0 Å². The summed E-state index contributed by atoms with van der Waals surface area (Å²) in [4.78, 5) is 14.0. The standard InChI is InChI=1S/C15H24N2O4S/c1-5-16-22(19,20)14-11-12(9-10-13(14)21-8-4)15(18)17(6-2)7-3/h9-11,16H,5-8H2,1-4H3. The third-order valence-corrected chi connectivity index (χ3v) is 4.73. The minimum Gasteiger partial charge on any atom is -0.492 e. The number of benzene rings is 1. The average Bonchev–Trinajstić information content (AvgIpc) is 2.48. The molecule has 0 saturated carbocycles. The molecule has 0 unspecified atom stereocenters. The van der Waals surface area contributed by atoms with Crippen LogP contribution < -0.4 is 9.46 Å². The van der Waals surface area contributed by atoms with Crippen LogP contribution in [0.2, 0.25) is 0 Å². The van der Waals surface area contributed by atoms with Crippen LogP contribution in [0.25, 0.3) is 0 Å². The molecule has 0 atom stereocenters. The maximum absolute atomic E-state index is 12.4. The Morgan fingerprint density at radius 2 is 1.82 bits per heavy atom. The molecule has 0 fully saturated rings. The van der Waals surface area contributed by atoms with Crippen LogP contribution in [-0.4, -0.2) is 45.5 Å². The normalized spacial score (nSPS) is 11.3. The molecule has 0 aliphatic heterocycles. The lowest BCUT2D eigenvalue weighted by Gasteiger charge is -2.19. The predicted molar refractivity (Wildman–Crippen MR) is 85.7 cm³/mol. The van der Waals surface area contributed by atoms with Crippen LogP contribution in [0.5, 0.6) is 5.75 Å². The fourth-order valence-electron chi connectivity index (χ4n) is 2.09. The van der Waals surface area contributed by atoms with E-state index in [1.54, 1.807) is 24.8 Å². The molecule has 0 aromatic heterocycles. The second kappa shape index (κ2) is 8.14. The van der Waals surface area contributed by atoms with E-state index in [1.807, 2.05) is 13.8 Å². The van der Waals surface area contributed by atoms with Crippen LogP contribution in [0.15, 0.2) is 23.1 Å². The first kappa shape index (κ1) is 18.4. The molecule has 1 N–H and O–H groups in total. The van der Waals surface area contributed by atoms with Gasteiger partial charge in [-0.25, -0.2) is 13.1 Å². The summed E-state index contributed by atoms with van der Waals surface area (Å²) in [5.74, 6) is 0.0561. The molecule has 1 rings (SSSR count). The van der Waals surface area contributed by atoms with Gasteiger partial charge in [0.05, 0.1) is 6.61 Å². The van der Waals surface area contributed by atoms with E-state index in [0.29, 0.717) is 25.3 Å². The van der Waals surface area contributed by atoms with Gasteiger partial charge in [-0.1, -0.05) is 6.92 Å². The van der Waals surface area contributed by atoms with Crippen LogP contribution in [0.3, 0.4) is 0 Å². The zero-order valence-corrected chi connectivity index (χ0v) is 14.4. The summed E-state index contributed by atoms with van der Waals surface area (Å²) in [5.41, 5.74) is 0.337. The Morgan fingerprint density at radius 3 is 2.32 bits per heavy atom. The zero-order chi connectivity index (χ0) is 16.8. The number of nitrogens with zero attached hydrogens (tertiary/aromatic N) is 1. The molecule has 22 heavy (non-hydrogen) atoms. The summed E-state index contributed by atoms with van der Waals surface area (Å²) >= 11 is 0. The highest BCUT2D eigenvalue weighted by Gasteiger charge is 2.22. The fourth-order valence-corrected chi connectivity index (χ4v) is 3.30. The smallest absolute Gasteiger partial charge is 0.253 e. The van der Waals surface area contributed by atoms with Gasteiger partial charge in [-0.2, -0.15) is 0 Å². The Balaban J connectivity index is 3.34. The molecule has 0 spiro atoms. The first-order valence-corrected chi connectivity index (χ1v) is 8.95. The Labute approximate surface area is 132 Å². The molecule has 0 saturated heterocycles. The predicted octanol–water partition coefficient (Wildman–Crippen LogP) is 1.87. The van der Waals surface area contributed by atoms with Gasteiger partial charge < -0.3 is 9.64 Å². The molecule has 0 bridgehead atoms. The molecule has 124 valence electrons. The largest absolute Gasteiger partial charge is 0.492 e. The molecule has 7 heteroatoms. The van der Waals surface area contributed by atoms with Crippen molar-refractivity contribution in [3.05, 3.63) is 23.8 Å². The number of ether oxygens (including phenoxy) is 1. The maximum atomic E-state index is 12.4. The Morgan fingerprint density at radius 1 is 1.18 bits per heavy atom. The number of hydrogen-bond acceptors (Lipinski definition) is 4. The highest BCUT2D eigenvalue weighted by atomic mass is 32.2. The summed E-state index contributed by atoms with van der Waals surface area (Å²) in [5, 5.41) is 0. The van der Waals surface area contributed by atoms with Crippen LogP contribution in [0, 0.1) is 0 Å². The van der Waals surface area contributed by atoms with E-state index in [0.717, 1.165) is 0 Å². The SMILES string of the molecule is CCNS(=O)(=O)c1cc(C(=O)N(CC)CC)ccc1OCC. The van der Waals surface area contributed by atoms with Gasteiger partial charge in [-0.05, 0) is 39.0 Å². The maximum Gasteiger partial charge on any atom is 0.253 e. The third-order valence-electron chi connectivity index (χ3n) is 3.17. The fraction of sp³-hybridized carbons (Fsp3) is 0.533. The van der Waals surface area contributed by atoms with Crippen molar-refractivity contribution in [2.75, 3.05) is 26.2 Å². The Hall–Kier alpha value is -1.60. The molecule has 0 heterocycles. The Kier molecular flexibility index (Phi) is 6.83. The van der Waals surface area contributed by atoms with Crippen molar-refractivity contribution in [3.8, 4) is 5.75 Å².